The molecule has 0 fully saturated rings. The zero-order chi connectivity index (χ0) is 19.5. The molecule has 1 unspecified atom stereocenters. The lowest BCUT2D eigenvalue weighted by Crippen LogP contribution is -2.38. The number of rotatable bonds is 20. The molecule has 2 nitrogen and oxygen atoms in total. The molecule has 0 aromatic heterocycles. The van der Waals surface area contributed by atoms with Crippen LogP contribution in [0.2, 0.25) is 0 Å². The van der Waals surface area contributed by atoms with Gasteiger partial charge in [-0.3, -0.25) is 0 Å². The summed E-state index contributed by atoms with van der Waals surface area (Å²) in [6.07, 6.45) is 22.3. The largest absolute Gasteiger partial charge is 0.245 e. The molecule has 0 bridgehead atoms. The summed E-state index contributed by atoms with van der Waals surface area (Å²) in [5.74, 6) is 0. The van der Waals surface area contributed by atoms with E-state index >= 15 is 0 Å². The van der Waals surface area contributed by atoms with Gasteiger partial charge in [-0.1, -0.05) is 90.4 Å². The number of alkyl halides is 1. The number of hydrogen-bond donors (Lipinski definition) is 0. The number of hydrogen-bond acceptors (Lipinski definition) is 2. The van der Waals surface area contributed by atoms with Crippen LogP contribution in [0.15, 0.2) is 0 Å². The van der Waals surface area contributed by atoms with Crippen LogP contribution in [0, 0.1) is 0 Å². The molecule has 1 atom stereocenters. The first-order valence-corrected chi connectivity index (χ1v) is 12.1. The maximum atomic E-state index is 6.01. The SMILES string of the molecule is CCCCCCCCCCCCCCCCN(C)N(C)CCCC(C)Cl. The topological polar surface area (TPSA) is 6.48 Å². The average molecular weight is 389 g/mol. The second-order valence-electron chi connectivity index (χ2n) is 8.28. The summed E-state index contributed by atoms with van der Waals surface area (Å²) in [6.45, 7) is 6.68. The van der Waals surface area contributed by atoms with Crippen LogP contribution in [-0.4, -0.2) is 42.6 Å². The number of unbranched alkanes of at least 4 members (excludes halogenated alkanes) is 13. The van der Waals surface area contributed by atoms with E-state index in [1.807, 2.05) is 0 Å². The van der Waals surface area contributed by atoms with Gasteiger partial charge in [-0.25, -0.2) is 10.0 Å². The van der Waals surface area contributed by atoms with Crippen LogP contribution in [0.1, 0.15) is 117 Å². The monoisotopic (exact) mass is 388 g/mol. The molecule has 3 heteroatoms. The van der Waals surface area contributed by atoms with Crippen molar-refractivity contribution in [3.05, 3.63) is 0 Å². The second-order valence-corrected chi connectivity index (χ2v) is 9.03. The van der Waals surface area contributed by atoms with Crippen molar-refractivity contribution in [2.45, 2.75) is 122 Å². The van der Waals surface area contributed by atoms with Gasteiger partial charge in [0.25, 0.3) is 0 Å². The van der Waals surface area contributed by atoms with Crippen LogP contribution in [0.3, 0.4) is 0 Å². The minimum Gasteiger partial charge on any atom is -0.245 e. The van der Waals surface area contributed by atoms with Crippen molar-refractivity contribution >= 4 is 11.6 Å². The van der Waals surface area contributed by atoms with Crippen molar-refractivity contribution in [3.8, 4) is 0 Å². The molecule has 0 aliphatic carbocycles. The van der Waals surface area contributed by atoms with Crippen LogP contribution in [-0.2, 0) is 0 Å². The quantitative estimate of drug-likeness (QED) is 0.120. The third-order valence-corrected chi connectivity index (χ3v) is 5.72. The van der Waals surface area contributed by atoms with Crippen LogP contribution in [0.25, 0.3) is 0 Å². The maximum Gasteiger partial charge on any atom is 0.0308 e. The highest BCUT2D eigenvalue weighted by Gasteiger charge is 2.06. The van der Waals surface area contributed by atoms with Crippen molar-refractivity contribution in [1.29, 1.82) is 0 Å². The third-order valence-electron chi connectivity index (χ3n) is 5.50. The van der Waals surface area contributed by atoms with Crippen molar-refractivity contribution in [2.24, 2.45) is 0 Å². The second kappa shape index (κ2) is 20.0. The number of hydrazine groups is 1. The lowest BCUT2D eigenvalue weighted by molar-refractivity contribution is 0.0242. The van der Waals surface area contributed by atoms with E-state index in [-0.39, 0.29) is 0 Å². The Morgan fingerprint density at radius 1 is 0.577 bits per heavy atom. The summed E-state index contributed by atoms with van der Waals surface area (Å²) in [5, 5.41) is 5.03. The number of nitrogens with zero attached hydrogens (tertiary/aromatic N) is 2. The Balaban J connectivity index is 3.25. The smallest absolute Gasteiger partial charge is 0.0308 e. The minimum atomic E-state index is 0.305. The molecule has 0 heterocycles. The predicted molar refractivity (Wildman–Crippen MR) is 120 cm³/mol. The van der Waals surface area contributed by atoms with E-state index in [2.05, 4.69) is 38.0 Å². The van der Waals surface area contributed by atoms with Gasteiger partial charge in [0, 0.05) is 32.6 Å². The fraction of sp³-hybridized carbons (Fsp3) is 1.00. The summed E-state index contributed by atoms with van der Waals surface area (Å²) in [7, 11) is 4.41. The van der Waals surface area contributed by atoms with Crippen molar-refractivity contribution in [3.63, 3.8) is 0 Å². The molecule has 0 amide bonds. The highest BCUT2D eigenvalue weighted by atomic mass is 35.5. The van der Waals surface area contributed by atoms with Gasteiger partial charge in [-0.15, -0.1) is 11.6 Å². The molecule has 0 aromatic carbocycles. The van der Waals surface area contributed by atoms with Crippen LogP contribution in [0.4, 0.5) is 0 Å². The Kier molecular flexibility index (Phi) is 20.1. The molecule has 0 N–H and O–H groups in total. The predicted octanol–water partition coefficient (Wildman–Crippen LogP) is 7.65. The summed E-state index contributed by atoms with van der Waals surface area (Å²) in [5.41, 5.74) is 0. The molecule has 0 aliphatic rings. The van der Waals surface area contributed by atoms with E-state index in [1.165, 1.54) is 103 Å². The van der Waals surface area contributed by atoms with E-state index in [9.17, 15) is 0 Å². The highest BCUT2D eigenvalue weighted by molar-refractivity contribution is 6.20. The zero-order valence-corrected chi connectivity index (χ0v) is 19.3. The molecular formula is C23H49ClN2. The van der Waals surface area contributed by atoms with Crippen molar-refractivity contribution in [1.82, 2.24) is 10.0 Å². The Morgan fingerprint density at radius 3 is 1.31 bits per heavy atom. The Bertz CT molecular complexity index is 271. The fourth-order valence-corrected chi connectivity index (χ4v) is 3.63. The van der Waals surface area contributed by atoms with Crippen molar-refractivity contribution in [2.75, 3.05) is 27.2 Å². The Labute approximate surface area is 171 Å². The average Bonchev–Trinajstić information content (AvgIpc) is 2.61. The fourth-order valence-electron chi connectivity index (χ4n) is 3.48. The summed E-state index contributed by atoms with van der Waals surface area (Å²) in [6, 6.07) is 0. The number of halogens is 1. The summed E-state index contributed by atoms with van der Waals surface area (Å²) >= 11 is 6.01. The van der Waals surface area contributed by atoms with Gasteiger partial charge in [-0.05, 0) is 26.2 Å². The summed E-state index contributed by atoms with van der Waals surface area (Å²) in [4.78, 5) is 0. The highest BCUT2D eigenvalue weighted by Crippen LogP contribution is 2.13. The summed E-state index contributed by atoms with van der Waals surface area (Å²) < 4.78 is 0. The molecule has 0 rings (SSSR count). The molecule has 0 aromatic rings. The first-order valence-electron chi connectivity index (χ1n) is 11.6. The lowest BCUT2D eigenvalue weighted by atomic mass is 10.0. The van der Waals surface area contributed by atoms with Crippen molar-refractivity contribution < 1.29 is 0 Å². The van der Waals surface area contributed by atoms with Crippen LogP contribution < -0.4 is 0 Å². The molecule has 26 heavy (non-hydrogen) atoms. The van der Waals surface area contributed by atoms with E-state index in [4.69, 9.17) is 11.6 Å². The molecule has 0 saturated carbocycles. The third kappa shape index (κ3) is 19.0. The van der Waals surface area contributed by atoms with Gasteiger partial charge < -0.3 is 0 Å². The maximum absolute atomic E-state index is 6.01. The van der Waals surface area contributed by atoms with Gasteiger partial charge in [-0.2, -0.15) is 0 Å². The van der Waals surface area contributed by atoms with E-state index in [0.717, 1.165) is 13.0 Å². The van der Waals surface area contributed by atoms with Gasteiger partial charge in [0.05, 0.1) is 0 Å². The van der Waals surface area contributed by atoms with Gasteiger partial charge in [0.2, 0.25) is 0 Å². The van der Waals surface area contributed by atoms with E-state index in [0.29, 0.717) is 5.38 Å². The van der Waals surface area contributed by atoms with Crippen LogP contribution >= 0.6 is 11.6 Å². The normalized spacial score (nSPS) is 13.0. The van der Waals surface area contributed by atoms with E-state index < -0.39 is 0 Å². The Morgan fingerprint density at radius 2 is 0.923 bits per heavy atom. The Hall–Kier alpha value is 0.210. The first-order chi connectivity index (χ1) is 12.6. The first kappa shape index (κ1) is 26.2. The molecule has 0 spiro atoms. The molecule has 158 valence electrons. The standard InChI is InChI=1S/C23H49ClN2/c1-5-6-7-8-9-10-11-12-13-14-15-16-17-18-21-25(3)26(4)22-19-20-23(2)24/h23H,5-22H2,1-4H3. The van der Waals surface area contributed by atoms with Gasteiger partial charge >= 0.3 is 0 Å². The molecule has 0 saturated heterocycles. The molecular weight excluding hydrogens is 340 g/mol. The minimum absolute atomic E-state index is 0.305. The zero-order valence-electron chi connectivity index (χ0n) is 18.6. The van der Waals surface area contributed by atoms with E-state index in [1.54, 1.807) is 0 Å². The lowest BCUT2D eigenvalue weighted by Gasteiger charge is -2.28. The molecule has 0 aliphatic heterocycles. The van der Waals surface area contributed by atoms with Gasteiger partial charge in [0.1, 0.15) is 0 Å². The molecule has 0 radical (unpaired) electrons. The van der Waals surface area contributed by atoms with Crippen LogP contribution in [0.5, 0.6) is 0 Å². The van der Waals surface area contributed by atoms with Gasteiger partial charge in [0.15, 0.2) is 0 Å².